The lowest BCUT2D eigenvalue weighted by Crippen LogP contribution is -2.43. The standard InChI is InChI=1S/C14H28N2/c1-11(2)14(13-6-7-13)15-9-12-5-4-8-16(3)10-12/h11-15H,4-10H2,1-3H3. The van der Waals surface area contributed by atoms with Crippen molar-refractivity contribution < 1.29 is 0 Å². The van der Waals surface area contributed by atoms with Gasteiger partial charge in [0.2, 0.25) is 0 Å². The van der Waals surface area contributed by atoms with Crippen LogP contribution in [0.1, 0.15) is 39.5 Å². The Hall–Kier alpha value is -0.0800. The number of nitrogens with zero attached hydrogens (tertiary/aromatic N) is 1. The average Bonchev–Trinajstić information content (AvgIpc) is 3.02. The Bertz CT molecular complexity index is 209. The largest absolute Gasteiger partial charge is 0.313 e. The fraction of sp³-hybridized carbons (Fsp3) is 1.00. The van der Waals surface area contributed by atoms with E-state index in [2.05, 4.69) is 31.1 Å². The first-order chi connectivity index (χ1) is 7.66. The van der Waals surface area contributed by atoms with Crippen LogP contribution in [0.25, 0.3) is 0 Å². The van der Waals surface area contributed by atoms with Crippen LogP contribution in [0.15, 0.2) is 0 Å². The highest BCUT2D eigenvalue weighted by atomic mass is 15.1. The quantitative estimate of drug-likeness (QED) is 0.771. The topological polar surface area (TPSA) is 15.3 Å². The Morgan fingerprint density at radius 2 is 2.00 bits per heavy atom. The van der Waals surface area contributed by atoms with E-state index in [0.29, 0.717) is 0 Å². The Labute approximate surface area is 101 Å². The third kappa shape index (κ3) is 3.46. The van der Waals surface area contributed by atoms with E-state index in [1.807, 2.05) is 0 Å². The zero-order valence-electron chi connectivity index (χ0n) is 11.2. The molecule has 0 aromatic carbocycles. The molecular weight excluding hydrogens is 196 g/mol. The van der Waals surface area contributed by atoms with Crippen molar-refractivity contribution in [2.45, 2.75) is 45.6 Å². The van der Waals surface area contributed by atoms with E-state index in [9.17, 15) is 0 Å². The Morgan fingerprint density at radius 1 is 1.25 bits per heavy atom. The van der Waals surface area contributed by atoms with Gasteiger partial charge in [-0.2, -0.15) is 0 Å². The molecule has 94 valence electrons. The predicted molar refractivity (Wildman–Crippen MR) is 69.6 cm³/mol. The molecule has 0 amide bonds. The molecule has 2 atom stereocenters. The second-order valence-corrected chi connectivity index (χ2v) is 6.29. The second kappa shape index (κ2) is 5.50. The molecule has 2 aliphatic rings. The maximum absolute atomic E-state index is 3.84. The zero-order valence-corrected chi connectivity index (χ0v) is 11.2. The van der Waals surface area contributed by atoms with Crippen molar-refractivity contribution in [2.75, 3.05) is 26.7 Å². The summed E-state index contributed by atoms with van der Waals surface area (Å²) in [6.45, 7) is 8.56. The van der Waals surface area contributed by atoms with Gasteiger partial charge in [-0.25, -0.2) is 0 Å². The molecule has 2 nitrogen and oxygen atoms in total. The van der Waals surface area contributed by atoms with Crippen LogP contribution in [0.5, 0.6) is 0 Å². The molecule has 1 saturated heterocycles. The summed E-state index contributed by atoms with van der Waals surface area (Å²) in [5.74, 6) is 2.67. The molecule has 0 aromatic rings. The SMILES string of the molecule is CC(C)C(NCC1CCCN(C)C1)C1CC1. The number of piperidine rings is 1. The van der Waals surface area contributed by atoms with Crippen LogP contribution in [-0.4, -0.2) is 37.6 Å². The van der Waals surface area contributed by atoms with Crippen molar-refractivity contribution in [3.05, 3.63) is 0 Å². The molecular formula is C14H28N2. The summed E-state index contributed by atoms with van der Waals surface area (Å²) in [5, 5.41) is 3.84. The van der Waals surface area contributed by atoms with Gasteiger partial charge in [-0.1, -0.05) is 13.8 Å². The summed E-state index contributed by atoms with van der Waals surface area (Å²) in [4.78, 5) is 2.48. The van der Waals surface area contributed by atoms with E-state index in [1.165, 1.54) is 45.3 Å². The minimum atomic E-state index is 0.784. The molecule has 1 saturated carbocycles. The first-order valence-corrected chi connectivity index (χ1v) is 7.08. The fourth-order valence-electron chi connectivity index (χ4n) is 3.14. The molecule has 16 heavy (non-hydrogen) atoms. The first-order valence-electron chi connectivity index (χ1n) is 7.08. The lowest BCUT2D eigenvalue weighted by atomic mass is 9.95. The van der Waals surface area contributed by atoms with Crippen LogP contribution in [0, 0.1) is 17.8 Å². The second-order valence-electron chi connectivity index (χ2n) is 6.29. The van der Waals surface area contributed by atoms with E-state index in [-0.39, 0.29) is 0 Å². The van der Waals surface area contributed by atoms with Crippen LogP contribution in [-0.2, 0) is 0 Å². The van der Waals surface area contributed by atoms with Gasteiger partial charge < -0.3 is 10.2 Å². The van der Waals surface area contributed by atoms with Gasteiger partial charge in [-0.05, 0) is 63.6 Å². The molecule has 1 aliphatic heterocycles. The Balaban J connectivity index is 1.72. The van der Waals surface area contributed by atoms with Crippen LogP contribution >= 0.6 is 0 Å². The number of hydrogen-bond donors (Lipinski definition) is 1. The van der Waals surface area contributed by atoms with Crippen LogP contribution < -0.4 is 5.32 Å². The van der Waals surface area contributed by atoms with Crippen molar-refractivity contribution in [1.29, 1.82) is 0 Å². The van der Waals surface area contributed by atoms with Gasteiger partial charge in [-0.15, -0.1) is 0 Å². The van der Waals surface area contributed by atoms with E-state index < -0.39 is 0 Å². The molecule has 0 aromatic heterocycles. The van der Waals surface area contributed by atoms with Gasteiger partial charge in [0.25, 0.3) is 0 Å². The third-order valence-corrected chi connectivity index (χ3v) is 4.21. The number of likely N-dealkylation sites (tertiary alicyclic amines) is 1. The Kier molecular flexibility index (Phi) is 4.26. The van der Waals surface area contributed by atoms with Crippen molar-refractivity contribution in [3.8, 4) is 0 Å². The van der Waals surface area contributed by atoms with Gasteiger partial charge >= 0.3 is 0 Å². The van der Waals surface area contributed by atoms with E-state index >= 15 is 0 Å². The van der Waals surface area contributed by atoms with Gasteiger partial charge in [-0.3, -0.25) is 0 Å². The van der Waals surface area contributed by atoms with Crippen LogP contribution in [0.3, 0.4) is 0 Å². The van der Waals surface area contributed by atoms with Crippen LogP contribution in [0.2, 0.25) is 0 Å². The van der Waals surface area contributed by atoms with Crippen molar-refractivity contribution in [1.82, 2.24) is 10.2 Å². The molecule has 2 heteroatoms. The van der Waals surface area contributed by atoms with Crippen molar-refractivity contribution in [3.63, 3.8) is 0 Å². The molecule has 0 spiro atoms. The minimum Gasteiger partial charge on any atom is -0.313 e. The molecule has 2 rings (SSSR count). The summed E-state index contributed by atoms with van der Waals surface area (Å²) in [5.41, 5.74) is 0. The van der Waals surface area contributed by atoms with E-state index in [0.717, 1.165) is 23.8 Å². The van der Waals surface area contributed by atoms with Crippen LogP contribution in [0.4, 0.5) is 0 Å². The zero-order chi connectivity index (χ0) is 11.5. The van der Waals surface area contributed by atoms with Gasteiger partial charge in [0, 0.05) is 12.6 Å². The van der Waals surface area contributed by atoms with Crippen molar-refractivity contribution in [2.24, 2.45) is 17.8 Å². The summed E-state index contributed by atoms with van der Waals surface area (Å²) in [6.07, 6.45) is 5.73. The normalized spacial score (nSPS) is 29.6. The lowest BCUT2D eigenvalue weighted by Gasteiger charge is -2.32. The monoisotopic (exact) mass is 224 g/mol. The molecule has 1 N–H and O–H groups in total. The van der Waals surface area contributed by atoms with E-state index in [1.54, 1.807) is 0 Å². The third-order valence-electron chi connectivity index (χ3n) is 4.21. The average molecular weight is 224 g/mol. The fourth-order valence-corrected chi connectivity index (χ4v) is 3.14. The summed E-state index contributed by atoms with van der Waals surface area (Å²) in [7, 11) is 2.26. The molecule has 0 radical (unpaired) electrons. The maximum atomic E-state index is 3.84. The van der Waals surface area contributed by atoms with Gasteiger partial charge in [0.1, 0.15) is 0 Å². The molecule has 1 heterocycles. The summed E-state index contributed by atoms with van der Waals surface area (Å²) in [6, 6.07) is 0.784. The lowest BCUT2D eigenvalue weighted by molar-refractivity contribution is 0.196. The highest BCUT2D eigenvalue weighted by Crippen LogP contribution is 2.35. The smallest absolute Gasteiger partial charge is 0.0118 e. The van der Waals surface area contributed by atoms with Crippen molar-refractivity contribution >= 4 is 0 Å². The Morgan fingerprint density at radius 3 is 2.56 bits per heavy atom. The highest BCUT2D eigenvalue weighted by molar-refractivity contribution is 4.89. The molecule has 2 fully saturated rings. The molecule has 1 aliphatic carbocycles. The van der Waals surface area contributed by atoms with E-state index in [4.69, 9.17) is 0 Å². The molecule has 0 bridgehead atoms. The summed E-state index contributed by atoms with van der Waals surface area (Å²) >= 11 is 0. The number of nitrogens with one attached hydrogen (secondary N) is 1. The number of hydrogen-bond acceptors (Lipinski definition) is 2. The van der Waals surface area contributed by atoms with Gasteiger partial charge in [0.15, 0.2) is 0 Å². The first kappa shape index (κ1) is 12.4. The minimum absolute atomic E-state index is 0.784. The van der Waals surface area contributed by atoms with Gasteiger partial charge in [0.05, 0.1) is 0 Å². The molecule has 2 unspecified atom stereocenters. The maximum Gasteiger partial charge on any atom is 0.0118 e. The highest BCUT2D eigenvalue weighted by Gasteiger charge is 2.33. The predicted octanol–water partition coefficient (Wildman–Crippen LogP) is 2.35. The number of rotatable bonds is 5. The summed E-state index contributed by atoms with van der Waals surface area (Å²) < 4.78 is 0.